The van der Waals surface area contributed by atoms with Crippen LogP contribution in [0.15, 0.2) is 72.8 Å². The first-order valence-electron chi connectivity index (χ1n) is 10.1. The first-order chi connectivity index (χ1) is 17.1. The van der Waals surface area contributed by atoms with Gasteiger partial charge < -0.3 is 8.37 Å². The Morgan fingerprint density at radius 3 is 1.24 bits per heavy atom. The molecule has 0 aromatic heterocycles. The van der Waals surface area contributed by atoms with Crippen molar-refractivity contribution in [1.82, 2.24) is 0 Å². The Bertz CT molecular complexity index is 1580. The lowest BCUT2D eigenvalue weighted by Crippen LogP contribution is -2.28. The van der Waals surface area contributed by atoms with Gasteiger partial charge in [-0.3, -0.25) is 0 Å². The number of fused-ring (bicyclic) bond motifs is 2. The molecule has 0 atom stereocenters. The Kier molecular flexibility index (Phi) is 6.53. The van der Waals surface area contributed by atoms with Gasteiger partial charge in [-0.05, 0) is 33.7 Å². The van der Waals surface area contributed by atoms with E-state index in [1.54, 1.807) is 24.3 Å². The predicted molar refractivity (Wildman–Crippen MR) is 122 cm³/mol. The van der Waals surface area contributed by atoms with E-state index in [2.05, 4.69) is 8.37 Å². The summed E-state index contributed by atoms with van der Waals surface area (Å²) in [6, 6.07) is 16.8. The van der Waals surface area contributed by atoms with Gasteiger partial charge in [-0.15, -0.1) is 0 Å². The molecule has 4 aromatic carbocycles. The highest BCUT2D eigenvalue weighted by molar-refractivity contribution is 7.88. The molecule has 0 bridgehead atoms. The molecule has 0 saturated heterocycles. The van der Waals surface area contributed by atoms with Gasteiger partial charge in [0, 0.05) is 17.5 Å². The van der Waals surface area contributed by atoms with E-state index in [9.17, 15) is 43.2 Å². The number of hydrogen-bond donors (Lipinski definition) is 0. The van der Waals surface area contributed by atoms with Gasteiger partial charge >= 0.3 is 31.3 Å². The zero-order chi connectivity index (χ0) is 27.2. The average molecular weight is 564 g/mol. The molecule has 0 aliphatic rings. The number of halogens is 6. The Morgan fingerprint density at radius 1 is 0.541 bits per heavy atom. The quantitative estimate of drug-likeness (QED) is 0.161. The first kappa shape index (κ1) is 26.5. The highest BCUT2D eigenvalue weighted by Crippen LogP contribution is 2.39. The van der Waals surface area contributed by atoms with Gasteiger partial charge in [0.05, 0.1) is 0 Å². The van der Waals surface area contributed by atoms with Crippen LogP contribution in [0.4, 0.5) is 26.3 Å². The molecule has 0 unspecified atom stereocenters. The monoisotopic (exact) mass is 564 g/mol. The Hall–Kier alpha value is -3.52. The Balaban J connectivity index is 1.97. The van der Waals surface area contributed by atoms with E-state index in [4.69, 9.17) is 0 Å². The van der Waals surface area contributed by atoms with Crippen molar-refractivity contribution in [3.8, 4) is 11.5 Å². The lowest BCUT2D eigenvalue weighted by Gasteiger charge is -2.18. The molecule has 0 N–H and O–H groups in total. The average Bonchev–Trinajstić information content (AvgIpc) is 2.80. The van der Waals surface area contributed by atoms with Crippen molar-refractivity contribution < 1.29 is 51.5 Å². The molecule has 196 valence electrons. The third-order valence-corrected chi connectivity index (χ3v) is 7.25. The highest BCUT2D eigenvalue weighted by atomic mass is 32.2. The van der Waals surface area contributed by atoms with Crippen LogP contribution in [0.3, 0.4) is 0 Å². The normalized spacial score (nSPS) is 13.1. The van der Waals surface area contributed by atoms with Crippen LogP contribution in [-0.2, 0) is 26.7 Å². The molecule has 14 heteroatoms. The van der Waals surface area contributed by atoms with Crippen molar-refractivity contribution in [1.29, 1.82) is 0 Å². The van der Waals surface area contributed by atoms with Crippen molar-refractivity contribution in [3.05, 3.63) is 83.9 Å². The second kappa shape index (κ2) is 9.10. The summed E-state index contributed by atoms with van der Waals surface area (Å²) in [5.74, 6) is -1.48. The van der Waals surface area contributed by atoms with Gasteiger partial charge in [0.15, 0.2) is 0 Å². The summed E-state index contributed by atoms with van der Waals surface area (Å²) < 4.78 is 134. The molecule has 0 heterocycles. The largest absolute Gasteiger partial charge is 0.534 e. The van der Waals surface area contributed by atoms with Crippen molar-refractivity contribution in [2.45, 2.75) is 17.4 Å². The van der Waals surface area contributed by atoms with Crippen LogP contribution >= 0.6 is 0 Å². The predicted octanol–water partition coefficient (Wildman–Crippen LogP) is 6.04. The molecule has 0 amide bonds. The molecule has 4 rings (SSSR count). The van der Waals surface area contributed by atoms with E-state index < -0.39 is 49.2 Å². The molecule has 0 aliphatic carbocycles. The van der Waals surface area contributed by atoms with E-state index in [0.29, 0.717) is 10.8 Å². The van der Waals surface area contributed by atoms with Gasteiger partial charge in [-0.25, -0.2) is 0 Å². The zero-order valence-corrected chi connectivity index (χ0v) is 19.8. The van der Waals surface area contributed by atoms with Gasteiger partial charge in [0.25, 0.3) is 0 Å². The molecule has 0 spiro atoms. The van der Waals surface area contributed by atoms with E-state index in [1.807, 2.05) is 0 Å². The van der Waals surface area contributed by atoms with Crippen LogP contribution in [0.1, 0.15) is 11.1 Å². The molecule has 0 fully saturated rings. The zero-order valence-electron chi connectivity index (χ0n) is 18.2. The second-order valence-corrected chi connectivity index (χ2v) is 10.7. The Labute approximate surface area is 206 Å². The van der Waals surface area contributed by atoms with Crippen molar-refractivity contribution >= 4 is 41.8 Å². The summed E-state index contributed by atoms with van der Waals surface area (Å²) >= 11 is 0. The summed E-state index contributed by atoms with van der Waals surface area (Å²) in [4.78, 5) is 0. The Morgan fingerprint density at radius 2 is 0.892 bits per heavy atom. The molecule has 4 aromatic rings. The fraction of sp³-hybridized carbons (Fsp3) is 0.130. The van der Waals surface area contributed by atoms with Crippen molar-refractivity contribution in [2.24, 2.45) is 0 Å². The summed E-state index contributed by atoms with van der Waals surface area (Å²) in [5, 5.41) is 1.32. The first-order valence-corrected chi connectivity index (χ1v) is 13.0. The van der Waals surface area contributed by atoms with E-state index in [0.717, 1.165) is 12.1 Å². The molecule has 6 nitrogen and oxygen atoms in total. The maximum absolute atomic E-state index is 13.1. The summed E-state index contributed by atoms with van der Waals surface area (Å²) in [5.41, 5.74) is -11.8. The number of rotatable bonds is 6. The van der Waals surface area contributed by atoms with Gasteiger partial charge in [-0.2, -0.15) is 43.2 Å². The maximum atomic E-state index is 13.1. The fourth-order valence-corrected chi connectivity index (χ4v) is 4.63. The van der Waals surface area contributed by atoms with Crippen molar-refractivity contribution in [2.75, 3.05) is 0 Å². The number of benzene rings is 4. The minimum Gasteiger partial charge on any atom is -0.376 e. The van der Waals surface area contributed by atoms with Crippen LogP contribution in [-0.4, -0.2) is 27.9 Å². The van der Waals surface area contributed by atoms with Gasteiger partial charge in [0.1, 0.15) is 11.5 Å². The lowest BCUT2D eigenvalue weighted by atomic mass is 9.93. The van der Waals surface area contributed by atoms with Crippen LogP contribution < -0.4 is 8.37 Å². The smallest absolute Gasteiger partial charge is 0.376 e. The molecular formula is C23H14F6O6S2. The topological polar surface area (TPSA) is 86.7 Å². The molecule has 0 aliphatic heterocycles. The molecular weight excluding hydrogens is 550 g/mol. The molecule has 0 saturated carbocycles. The van der Waals surface area contributed by atoms with Gasteiger partial charge in [-0.1, -0.05) is 60.7 Å². The fourth-order valence-electron chi connectivity index (χ4n) is 3.66. The van der Waals surface area contributed by atoms with Crippen LogP contribution in [0.5, 0.6) is 11.5 Å². The number of alkyl halides is 6. The lowest BCUT2D eigenvalue weighted by molar-refractivity contribution is -0.0504. The third kappa shape index (κ3) is 5.16. The SMILES string of the molecule is O=S(=O)(Oc1ccc2ccccc2c1Cc1c(OS(=O)(=O)C(F)(F)F)ccc2ccccc12)C(F)(F)F. The molecule has 0 radical (unpaired) electrons. The molecule has 37 heavy (non-hydrogen) atoms. The van der Waals surface area contributed by atoms with Gasteiger partial charge in [0.2, 0.25) is 0 Å². The van der Waals surface area contributed by atoms with Crippen LogP contribution in [0.2, 0.25) is 0 Å². The van der Waals surface area contributed by atoms with Crippen LogP contribution in [0, 0.1) is 0 Å². The minimum atomic E-state index is -6.11. The summed E-state index contributed by atoms with van der Waals surface area (Å²) in [6.07, 6.45) is -0.547. The highest BCUT2D eigenvalue weighted by Gasteiger charge is 2.50. The summed E-state index contributed by atoms with van der Waals surface area (Å²) in [6.45, 7) is 0. The van der Waals surface area contributed by atoms with E-state index in [-0.39, 0.29) is 21.9 Å². The maximum Gasteiger partial charge on any atom is 0.534 e. The van der Waals surface area contributed by atoms with E-state index >= 15 is 0 Å². The van der Waals surface area contributed by atoms with Crippen molar-refractivity contribution in [3.63, 3.8) is 0 Å². The standard InChI is InChI=1S/C23H14F6O6S2/c24-22(25,26)36(30,31)34-20-11-9-14-5-1-3-7-16(14)18(20)13-19-17-8-4-2-6-15(17)10-12-21(19)35-37(32,33)23(27,28)29/h1-12H,13H2. The van der Waals surface area contributed by atoms with E-state index in [1.165, 1.54) is 36.4 Å². The summed E-state index contributed by atoms with van der Waals surface area (Å²) in [7, 11) is -12.2. The second-order valence-electron chi connectivity index (χ2n) is 7.67. The van der Waals surface area contributed by atoms with Crippen LogP contribution in [0.25, 0.3) is 21.5 Å². The number of hydrogen-bond acceptors (Lipinski definition) is 6. The third-order valence-electron chi connectivity index (χ3n) is 5.31. The minimum absolute atomic E-state index is 0.156.